The molecule has 0 aliphatic carbocycles. The summed E-state index contributed by atoms with van der Waals surface area (Å²) in [6.45, 7) is 4.14. The Balaban J connectivity index is 3.88. The normalized spacial score (nSPS) is 13.6. The van der Waals surface area contributed by atoms with Gasteiger partial charge in [-0.05, 0) is 6.92 Å². The summed E-state index contributed by atoms with van der Waals surface area (Å²) in [6.07, 6.45) is 0.937. The Labute approximate surface area is 70.2 Å². The lowest BCUT2D eigenvalue weighted by molar-refractivity contribution is -0.137. The van der Waals surface area contributed by atoms with Gasteiger partial charge in [0, 0.05) is 6.08 Å². The second-order valence-corrected chi connectivity index (χ2v) is 4.33. The Bertz CT molecular complexity index is 218. The van der Waals surface area contributed by atoms with Crippen LogP contribution in [0.5, 0.6) is 0 Å². The second kappa shape index (κ2) is 4.40. The number of rotatable bonds is 4. The van der Waals surface area contributed by atoms with E-state index in [4.69, 9.17) is 9.79 Å². The highest BCUT2D eigenvalue weighted by Gasteiger charge is 2.24. The molecule has 0 rings (SSSR count). The van der Waals surface area contributed by atoms with E-state index in [2.05, 4.69) is 11.3 Å². The SMILES string of the molecule is C=CC(=O)OCC(C)P(=O)(O)O. The van der Waals surface area contributed by atoms with E-state index >= 15 is 0 Å². The monoisotopic (exact) mass is 194 g/mol. The maximum atomic E-state index is 10.5. The Morgan fingerprint density at radius 1 is 1.75 bits per heavy atom. The molecule has 12 heavy (non-hydrogen) atoms. The van der Waals surface area contributed by atoms with Crippen LogP contribution in [0.3, 0.4) is 0 Å². The highest BCUT2D eigenvalue weighted by atomic mass is 31.2. The highest BCUT2D eigenvalue weighted by Crippen LogP contribution is 2.40. The maximum Gasteiger partial charge on any atom is 0.331 e. The summed E-state index contributed by atoms with van der Waals surface area (Å²) in [5, 5.41) is 0. The molecular weight excluding hydrogens is 183 g/mol. The van der Waals surface area contributed by atoms with Crippen LogP contribution in [0.2, 0.25) is 0 Å². The number of esters is 1. The van der Waals surface area contributed by atoms with Crippen LogP contribution in [0.15, 0.2) is 12.7 Å². The topological polar surface area (TPSA) is 83.8 Å². The van der Waals surface area contributed by atoms with E-state index in [-0.39, 0.29) is 6.61 Å². The van der Waals surface area contributed by atoms with Gasteiger partial charge in [-0.1, -0.05) is 6.58 Å². The molecule has 0 saturated carbocycles. The van der Waals surface area contributed by atoms with Crippen LogP contribution in [0.25, 0.3) is 0 Å². The van der Waals surface area contributed by atoms with E-state index in [0.29, 0.717) is 0 Å². The van der Waals surface area contributed by atoms with E-state index in [0.717, 1.165) is 6.08 Å². The number of carbonyl (C=O) groups excluding carboxylic acids is 1. The van der Waals surface area contributed by atoms with Crippen LogP contribution in [0, 0.1) is 0 Å². The third-order valence-electron chi connectivity index (χ3n) is 1.21. The molecule has 1 unspecified atom stereocenters. The summed E-state index contributed by atoms with van der Waals surface area (Å²) in [4.78, 5) is 27.6. The number of hydrogen-bond acceptors (Lipinski definition) is 3. The van der Waals surface area contributed by atoms with Gasteiger partial charge in [0.25, 0.3) is 0 Å². The summed E-state index contributed by atoms with van der Waals surface area (Å²) in [6, 6.07) is 0. The van der Waals surface area contributed by atoms with E-state index in [1.54, 1.807) is 0 Å². The first-order chi connectivity index (χ1) is 5.38. The zero-order chi connectivity index (χ0) is 9.78. The van der Waals surface area contributed by atoms with E-state index in [1.165, 1.54) is 6.92 Å². The predicted octanol–water partition coefficient (Wildman–Crippen LogP) is 0.282. The molecule has 0 radical (unpaired) electrons. The van der Waals surface area contributed by atoms with Crippen LogP contribution in [0.1, 0.15) is 6.92 Å². The van der Waals surface area contributed by atoms with Crippen molar-refractivity contribution in [1.82, 2.24) is 0 Å². The molecule has 0 amide bonds. The molecular formula is C6H11O5P. The van der Waals surface area contributed by atoms with Gasteiger partial charge in [0.15, 0.2) is 0 Å². The molecule has 0 aromatic carbocycles. The molecule has 0 spiro atoms. The summed E-state index contributed by atoms with van der Waals surface area (Å²) in [5.41, 5.74) is -0.971. The summed E-state index contributed by atoms with van der Waals surface area (Å²) >= 11 is 0. The fraction of sp³-hybridized carbons (Fsp3) is 0.500. The first-order valence-corrected chi connectivity index (χ1v) is 4.90. The summed E-state index contributed by atoms with van der Waals surface area (Å²) < 4.78 is 14.9. The molecule has 1 atom stereocenters. The van der Waals surface area contributed by atoms with Gasteiger partial charge in [0.2, 0.25) is 0 Å². The van der Waals surface area contributed by atoms with Crippen molar-refractivity contribution in [3.8, 4) is 0 Å². The van der Waals surface area contributed by atoms with Crippen molar-refractivity contribution in [2.45, 2.75) is 12.6 Å². The standard InChI is InChI=1S/C6H11O5P/c1-3-6(7)11-4-5(2)12(8,9)10/h3,5H,1,4H2,2H3,(H2,8,9,10). The minimum Gasteiger partial charge on any atom is -0.462 e. The molecule has 0 aliphatic heterocycles. The molecule has 0 bridgehead atoms. The quantitative estimate of drug-likeness (QED) is 0.381. The van der Waals surface area contributed by atoms with Crippen molar-refractivity contribution in [3.05, 3.63) is 12.7 Å². The predicted molar refractivity (Wildman–Crippen MR) is 42.7 cm³/mol. The smallest absolute Gasteiger partial charge is 0.331 e. The van der Waals surface area contributed by atoms with Gasteiger partial charge in [0.05, 0.1) is 5.66 Å². The van der Waals surface area contributed by atoms with Crippen molar-refractivity contribution < 1.29 is 23.9 Å². The van der Waals surface area contributed by atoms with Gasteiger partial charge in [-0.3, -0.25) is 4.57 Å². The molecule has 0 aliphatic rings. The highest BCUT2D eigenvalue weighted by molar-refractivity contribution is 7.52. The largest absolute Gasteiger partial charge is 0.462 e. The lowest BCUT2D eigenvalue weighted by atomic mass is 10.5. The van der Waals surface area contributed by atoms with Gasteiger partial charge in [-0.25, -0.2) is 4.79 Å². The molecule has 0 aromatic rings. The first kappa shape index (κ1) is 11.4. The number of carbonyl (C=O) groups is 1. The Kier molecular flexibility index (Phi) is 4.17. The molecule has 6 heteroatoms. The van der Waals surface area contributed by atoms with Gasteiger partial charge >= 0.3 is 13.6 Å². The average molecular weight is 194 g/mol. The lowest BCUT2D eigenvalue weighted by Crippen LogP contribution is -2.14. The molecule has 70 valence electrons. The first-order valence-electron chi connectivity index (χ1n) is 3.22. The minimum absolute atomic E-state index is 0.296. The molecule has 0 fully saturated rings. The number of ether oxygens (including phenoxy) is 1. The summed E-state index contributed by atoms with van der Waals surface area (Å²) in [7, 11) is -4.13. The Morgan fingerprint density at radius 2 is 2.25 bits per heavy atom. The van der Waals surface area contributed by atoms with E-state index in [1.807, 2.05) is 0 Å². The van der Waals surface area contributed by atoms with Gasteiger partial charge in [0.1, 0.15) is 6.61 Å². The minimum atomic E-state index is -4.13. The maximum absolute atomic E-state index is 10.5. The van der Waals surface area contributed by atoms with Crippen molar-refractivity contribution in [3.63, 3.8) is 0 Å². The fourth-order valence-electron chi connectivity index (χ4n) is 0.359. The van der Waals surface area contributed by atoms with E-state index < -0.39 is 19.2 Å². The van der Waals surface area contributed by atoms with Crippen LogP contribution in [0.4, 0.5) is 0 Å². The second-order valence-electron chi connectivity index (χ2n) is 2.27. The van der Waals surface area contributed by atoms with Gasteiger partial charge in [-0.2, -0.15) is 0 Å². The van der Waals surface area contributed by atoms with Crippen LogP contribution in [-0.2, 0) is 14.1 Å². The number of hydrogen-bond donors (Lipinski definition) is 2. The molecule has 0 heterocycles. The third kappa shape index (κ3) is 4.28. The average Bonchev–Trinajstić information content (AvgIpc) is 1.97. The van der Waals surface area contributed by atoms with Crippen molar-refractivity contribution >= 4 is 13.6 Å². The zero-order valence-corrected chi connectivity index (χ0v) is 7.53. The molecule has 2 N–H and O–H groups in total. The van der Waals surface area contributed by atoms with E-state index in [9.17, 15) is 9.36 Å². The molecule has 0 saturated heterocycles. The lowest BCUT2D eigenvalue weighted by Gasteiger charge is -2.12. The fourth-order valence-corrected chi connectivity index (χ4v) is 0.627. The molecule has 0 aromatic heterocycles. The van der Waals surface area contributed by atoms with Crippen molar-refractivity contribution in [2.75, 3.05) is 6.61 Å². The zero-order valence-electron chi connectivity index (χ0n) is 6.64. The van der Waals surface area contributed by atoms with Gasteiger partial charge < -0.3 is 14.5 Å². The summed E-state index contributed by atoms with van der Waals surface area (Å²) in [5.74, 6) is -0.685. The van der Waals surface area contributed by atoms with Crippen LogP contribution < -0.4 is 0 Å². The molecule has 5 nitrogen and oxygen atoms in total. The van der Waals surface area contributed by atoms with Crippen molar-refractivity contribution in [1.29, 1.82) is 0 Å². The third-order valence-corrected chi connectivity index (χ3v) is 2.51. The van der Waals surface area contributed by atoms with Crippen LogP contribution in [-0.4, -0.2) is 28.0 Å². The van der Waals surface area contributed by atoms with Crippen LogP contribution >= 0.6 is 7.60 Å². The van der Waals surface area contributed by atoms with Gasteiger partial charge in [-0.15, -0.1) is 0 Å². The Morgan fingerprint density at radius 3 is 2.58 bits per heavy atom. The van der Waals surface area contributed by atoms with Crippen molar-refractivity contribution in [2.24, 2.45) is 0 Å². The Hall–Kier alpha value is -0.640.